The maximum Gasteiger partial charge on any atom is 0.142 e. The standard InChI is InChI=1S/C17H17NOS/c19-16(14-7-12-6-13(12)8-14)9-17-18-15(10-20-17)11-4-2-1-3-5-11/h1-5,10,12-14H,6-9H2. The predicted octanol–water partition coefficient (Wildman–Crippen LogP) is 3.97. The molecule has 0 N–H and O–H groups in total. The summed E-state index contributed by atoms with van der Waals surface area (Å²) in [6.45, 7) is 0. The van der Waals surface area contributed by atoms with Gasteiger partial charge in [0.25, 0.3) is 0 Å². The molecule has 1 aromatic carbocycles. The number of aromatic nitrogens is 1. The topological polar surface area (TPSA) is 30.0 Å². The molecule has 2 saturated carbocycles. The molecule has 1 aromatic heterocycles. The second-order valence-corrected chi connectivity index (χ2v) is 7.00. The third-order valence-corrected chi connectivity index (χ3v) is 5.49. The van der Waals surface area contributed by atoms with E-state index in [4.69, 9.17) is 0 Å². The Balaban J connectivity index is 1.44. The Morgan fingerprint density at radius 1 is 1.15 bits per heavy atom. The summed E-state index contributed by atoms with van der Waals surface area (Å²) in [6, 6.07) is 10.2. The summed E-state index contributed by atoms with van der Waals surface area (Å²) in [5.41, 5.74) is 2.12. The molecule has 102 valence electrons. The van der Waals surface area contributed by atoms with Crippen LogP contribution in [0, 0.1) is 17.8 Å². The van der Waals surface area contributed by atoms with E-state index in [-0.39, 0.29) is 0 Å². The van der Waals surface area contributed by atoms with Gasteiger partial charge in [-0.15, -0.1) is 11.3 Å². The Hall–Kier alpha value is -1.48. The second-order valence-electron chi connectivity index (χ2n) is 6.06. The number of rotatable bonds is 4. The smallest absolute Gasteiger partial charge is 0.142 e. The Morgan fingerprint density at radius 3 is 2.65 bits per heavy atom. The minimum atomic E-state index is 0.322. The van der Waals surface area contributed by atoms with E-state index in [9.17, 15) is 4.79 Å². The highest BCUT2D eigenvalue weighted by atomic mass is 32.1. The molecule has 0 spiro atoms. The quantitative estimate of drug-likeness (QED) is 0.850. The van der Waals surface area contributed by atoms with Crippen LogP contribution in [0.4, 0.5) is 0 Å². The molecule has 2 aromatic rings. The molecule has 20 heavy (non-hydrogen) atoms. The van der Waals surface area contributed by atoms with Crippen molar-refractivity contribution in [3.05, 3.63) is 40.7 Å². The first-order valence-electron chi connectivity index (χ1n) is 7.32. The third-order valence-electron chi connectivity index (χ3n) is 4.65. The predicted molar refractivity (Wildman–Crippen MR) is 80.6 cm³/mol. The SMILES string of the molecule is O=C(Cc1nc(-c2ccccc2)cs1)C1CC2CC2C1. The van der Waals surface area contributed by atoms with Crippen LogP contribution in [-0.4, -0.2) is 10.8 Å². The van der Waals surface area contributed by atoms with Gasteiger partial charge in [0.2, 0.25) is 0 Å². The molecule has 0 aliphatic heterocycles. The molecular weight excluding hydrogens is 266 g/mol. The van der Waals surface area contributed by atoms with Crippen molar-refractivity contribution in [3.8, 4) is 11.3 Å². The number of thiazole rings is 1. The fourth-order valence-electron chi connectivity index (χ4n) is 3.40. The summed E-state index contributed by atoms with van der Waals surface area (Å²) in [6.07, 6.45) is 4.18. The van der Waals surface area contributed by atoms with E-state index in [0.29, 0.717) is 18.1 Å². The van der Waals surface area contributed by atoms with E-state index < -0.39 is 0 Å². The van der Waals surface area contributed by atoms with Gasteiger partial charge in [-0.3, -0.25) is 4.79 Å². The molecule has 2 fully saturated rings. The average molecular weight is 283 g/mol. The molecule has 2 aliphatic carbocycles. The van der Waals surface area contributed by atoms with Gasteiger partial charge in [-0.05, 0) is 31.1 Å². The summed E-state index contributed by atoms with van der Waals surface area (Å²) >= 11 is 1.61. The van der Waals surface area contributed by atoms with Crippen LogP contribution in [0.1, 0.15) is 24.3 Å². The molecule has 0 amide bonds. The summed E-state index contributed by atoms with van der Waals surface area (Å²) < 4.78 is 0. The van der Waals surface area contributed by atoms with E-state index in [1.54, 1.807) is 11.3 Å². The van der Waals surface area contributed by atoms with E-state index in [1.165, 1.54) is 6.42 Å². The number of ketones is 1. The molecular formula is C17H17NOS. The molecule has 4 rings (SSSR count). The van der Waals surface area contributed by atoms with Crippen LogP contribution in [0.5, 0.6) is 0 Å². The van der Waals surface area contributed by atoms with Gasteiger partial charge in [-0.1, -0.05) is 30.3 Å². The highest BCUT2D eigenvalue weighted by molar-refractivity contribution is 7.10. The van der Waals surface area contributed by atoms with Crippen molar-refractivity contribution >= 4 is 17.1 Å². The molecule has 2 atom stereocenters. The zero-order valence-electron chi connectivity index (χ0n) is 11.3. The van der Waals surface area contributed by atoms with Crippen molar-refractivity contribution in [2.24, 2.45) is 17.8 Å². The lowest BCUT2D eigenvalue weighted by molar-refractivity contribution is -0.122. The summed E-state index contributed by atoms with van der Waals surface area (Å²) in [5.74, 6) is 2.48. The normalized spacial score (nSPS) is 27.3. The fourth-order valence-corrected chi connectivity index (χ4v) is 4.22. The molecule has 3 heteroatoms. The van der Waals surface area contributed by atoms with Crippen molar-refractivity contribution in [1.82, 2.24) is 4.98 Å². The van der Waals surface area contributed by atoms with E-state index >= 15 is 0 Å². The zero-order chi connectivity index (χ0) is 13.5. The van der Waals surface area contributed by atoms with Gasteiger partial charge < -0.3 is 0 Å². The maximum atomic E-state index is 12.3. The molecule has 0 radical (unpaired) electrons. The maximum absolute atomic E-state index is 12.3. The Bertz CT molecular complexity index is 623. The van der Waals surface area contributed by atoms with Crippen LogP contribution in [-0.2, 0) is 11.2 Å². The molecule has 1 heterocycles. The van der Waals surface area contributed by atoms with E-state index in [0.717, 1.165) is 40.9 Å². The van der Waals surface area contributed by atoms with Gasteiger partial charge in [0.1, 0.15) is 10.8 Å². The van der Waals surface area contributed by atoms with Gasteiger partial charge in [-0.2, -0.15) is 0 Å². The minimum absolute atomic E-state index is 0.322. The minimum Gasteiger partial charge on any atom is -0.299 e. The largest absolute Gasteiger partial charge is 0.299 e. The number of Topliss-reactive ketones (excluding diaryl/α,β-unsaturated/α-hetero) is 1. The van der Waals surface area contributed by atoms with Gasteiger partial charge in [-0.25, -0.2) is 4.98 Å². The Kier molecular flexibility index (Phi) is 2.95. The molecule has 2 aliphatic rings. The van der Waals surface area contributed by atoms with Gasteiger partial charge >= 0.3 is 0 Å². The molecule has 0 saturated heterocycles. The number of carbonyl (C=O) groups excluding carboxylic acids is 1. The Labute approximate surface area is 122 Å². The van der Waals surface area contributed by atoms with Crippen molar-refractivity contribution < 1.29 is 4.79 Å². The van der Waals surface area contributed by atoms with E-state index in [2.05, 4.69) is 22.5 Å². The number of hydrogen-bond donors (Lipinski definition) is 0. The molecule has 0 bridgehead atoms. The first-order chi connectivity index (χ1) is 9.79. The monoisotopic (exact) mass is 283 g/mol. The first kappa shape index (κ1) is 12.3. The summed E-state index contributed by atoms with van der Waals surface area (Å²) in [5, 5.41) is 3.03. The molecule has 2 unspecified atom stereocenters. The van der Waals surface area contributed by atoms with Gasteiger partial charge in [0.15, 0.2) is 0 Å². The van der Waals surface area contributed by atoms with Crippen LogP contribution in [0.3, 0.4) is 0 Å². The van der Waals surface area contributed by atoms with Crippen molar-refractivity contribution in [2.45, 2.75) is 25.7 Å². The van der Waals surface area contributed by atoms with Gasteiger partial charge in [0, 0.05) is 16.9 Å². The first-order valence-corrected chi connectivity index (χ1v) is 8.20. The van der Waals surface area contributed by atoms with E-state index in [1.807, 2.05) is 18.2 Å². The van der Waals surface area contributed by atoms with Crippen molar-refractivity contribution in [1.29, 1.82) is 0 Å². The van der Waals surface area contributed by atoms with Crippen LogP contribution in [0.15, 0.2) is 35.7 Å². The number of nitrogens with zero attached hydrogens (tertiary/aromatic N) is 1. The van der Waals surface area contributed by atoms with Crippen LogP contribution < -0.4 is 0 Å². The van der Waals surface area contributed by atoms with Gasteiger partial charge in [0.05, 0.1) is 12.1 Å². The van der Waals surface area contributed by atoms with Crippen LogP contribution in [0.25, 0.3) is 11.3 Å². The second kappa shape index (κ2) is 4.81. The van der Waals surface area contributed by atoms with Crippen LogP contribution in [0.2, 0.25) is 0 Å². The zero-order valence-corrected chi connectivity index (χ0v) is 12.1. The highest BCUT2D eigenvalue weighted by Gasteiger charge is 2.47. The highest BCUT2D eigenvalue weighted by Crippen LogP contribution is 2.54. The lowest BCUT2D eigenvalue weighted by Crippen LogP contribution is -2.15. The lowest BCUT2D eigenvalue weighted by atomic mass is 9.96. The third kappa shape index (κ3) is 2.31. The fraction of sp³-hybridized carbons (Fsp3) is 0.412. The number of benzene rings is 1. The Morgan fingerprint density at radius 2 is 1.90 bits per heavy atom. The number of hydrogen-bond acceptors (Lipinski definition) is 3. The average Bonchev–Trinajstić information content (AvgIpc) is 2.91. The van der Waals surface area contributed by atoms with Crippen LogP contribution >= 0.6 is 11.3 Å². The van der Waals surface area contributed by atoms with Crippen molar-refractivity contribution in [3.63, 3.8) is 0 Å². The number of carbonyl (C=O) groups is 1. The molecule has 2 nitrogen and oxygen atoms in total. The lowest BCUT2D eigenvalue weighted by Gasteiger charge is -2.08. The number of fused-ring (bicyclic) bond motifs is 1. The van der Waals surface area contributed by atoms with Crippen molar-refractivity contribution in [2.75, 3.05) is 0 Å². The summed E-state index contributed by atoms with van der Waals surface area (Å²) in [7, 11) is 0. The summed E-state index contributed by atoms with van der Waals surface area (Å²) in [4.78, 5) is 16.9.